The number of amides is 2. The number of unbranched alkanes of at least 4 members (excludes halogenated alkanes) is 1. The predicted octanol–water partition coefficient (Wildman–Crippen LogP) is 4.26. The Morgan fingerprint density at radius 2 is 1.68 bits per heavy atom. The van der Waals surface area contributed by atoms with Gasteiger partial charge in [0.15, 0.2) is 0 Å². The molecule has 150 valence electrons. The molecule has 0 radical (unpaired) electrons. The molecule has 0 saturated heterocycles. The van der Waals surface area contributed by atoms with Crippen molar-refractivity contribution in [2.24, 2.45) is 0 Å². The van der Waals surface area contributed by atoms with Gasteiger partial charge >= 0.3 is 0 Å². The van der Waals surface area contributed by atoms with Crippen molar-refractivity contribution in [3.8, 4) is 0 Å². The Balaban J connectivity index is 2.22. The summed E-state index contributed by atoms with van der Waals surface area (Å²) in [4.78, 5) is 27.8. The van der Waals surface area contributed by atoms with Crippen molar-refractivity contribution in [1.82, 2.24) is 10.2 Å². The molecule has 0 aliphatic rings. The van der Waals surface area contributed by atoms with E-state index >= 15 is 0 Å². The van der Waals surface area contributed by atoms with Crippen molar-refractivity contribution >= 4 is 11.8 Å². The van der Waals surface area contributed by atoms with Gasteiger partial charge in [0, 0.05) is 13.1 Å². The molecule has 0 aliphatic heterocycles. The van der Waals surface area contributed by atoms with Crippen LogP contribution in [0, 0.1) is 6.92 Å². The molecule has 0 heterocycles. The van der Waals surface area contributed by atoms with E-state index in [0.717, 1.165) is 29.5 Å². The Kier molecular flexibility index (Phi) is 8.73. The van der Waals surface area contributed by atoms with Crippen LogP contribution in [0.1, 0.15) is 49.8 Å². The van der Waals surface area contributed by atoms with Gasteiger partial charge in [-0.2, -0.15) is 0 Å². The zero-order chi connectivity index (χ0) is 20.4. The highest BCUT2D eigenvalue weighted by Crippen LogP contribution is 2.16. The second-order valence-corrected chi connectivity index (χ2v) is 7.18. The summed E-state index contributed by atoms with van der Waals surface area (Å²) in [5, 5.41) is 3.00. The fourth-order valence-electron chi connectivity index (χ4n) is 3.28. The molecule has 1 atom stereocenters. The van der Waals surface area contributed by atoms with E-state index in [1.807, 2.05) is 68.4 Å². The summed E-state index contributed by atoms with van der Waals surface area (Å²) in [7, 11) is 0. The predicted molar refractivity (Wildman–Crippen MR) is 114 cm³/mol. The van der Waals surface area contributed by atoms with E-state index in [9.17, 15) is 9.59 Å². The smallest absolute Gasteiger partial charge is 0.242 e. The molecule has 0 unspecified atom stereocenters. The number of aryl methyl sites for hydroxylation is 1. The van der Waals surface area contributed by atoms with Crippen LogP contribution in [0.25, 0.3) is 0 Å². The van der Waals surface area contributed by atoms with Crippen LogP contribution < -0.4 is 5.32 Å². The van der Waals surface area contributed by atoms with E-state index in [4.69, 9.17) is 0 Å². The maximum atomic E-state index is 13.2. The lowest BCUT2D eigenvalue weighted by Crippen LogP contribution is -2.49. The van der Waals surface area contributed by atoms with Crippen molar-refractivity contribution in [1.29, 1.82) is 0 Å². The van der Waals surface area contributed by atoms with Crippen molar-refractivity contribution in [2.45, 2.75) is 59.0 Å². The number of benzene rings is 2. The van der Waals surface area contributed by atoms with E-state index in [0.29, 0.717) is 25.9 Å². The maximum Gasteiger partial charge on any atom is 0.242 e. The molecule has 2 aromatic carbocycles. The molecular formula is C24H32N2O2. The van der Waals surface area contributed by atoms with E-state index < -0.39 is 6.04 Å². The summed E-state index contributed by atoms with van der Waals surface area (Å²) in [5.41, 5.74) is 3.13. The number of nitrogens with one attached hydrogen (secondary N) is 1. The van der Waals surface area contributed by atoms with Gasteiger partial charge in [0.25, 0.3) is 0 Å². The molecule has 2 amide bonds. The second-order valence-electron chi connectivity index (χ2n) is 7.18. The number of hydrogen-bond acceptors (Lipinski definition) is 2. The first-order valence-electron chi connectivity index (χ1n) is 10.2. The van der Waals surface area contributed by atoms with Crippen LogP contribution >= 0.6 is 0 Å². The molecule has 0 aromatic heterocycles. The van der Waals surface area contributed by atoms with Gasteiger partial charge in [0.2, 0.25) is 11.8 Å². The Hall–Kier alpha value is -2.62. The molecule has 4 nitrogen and oxygen atoms in total. The van der Waals surface area contributed by atoms with Crippen molar-refractivity contribution < 1.29 is 9.59 Å². The van der Waals surface area contributed by atoms with Gasteiger partial charge < -0.3 is 10.2 Å². The highest BCUT2D eigenvalue weighted by molar-refractivity contribution is 5.88. The number of nitrogens with zero attached hydrogens (tertiary/aromatic N) is 1. The lowest BCUT2D eigenvalue weighted by Gasteiger charge is -2.31. The van der Waals surface area contributed by atoms with Crippen LogP contribution in [0.3, 0.4) is 0 Å². The first-order valence-corrected chi connectivity index (χ1v) is 10.2. The van der Waals surface area contributed by atoms with E-state index in [-0.39, 0.29) is 11.8 Å². The summed E-state index contributed by atoms with van der Waals surface area (Å²) in [6.07, 6.45) is 2.86. The minimum absolute atomic E-state index is 0.0179. The van der Waals surface area contributed by atoms with Crippen molar-refractivity contribution in [3.63, 3.8) is 0 Å². The van der Waals surface area contributed by atoms with Gasteiger partial charge in [-0.15, -0.1) is 0 Å². The van der Waals surface area contributed by atoms with Crippen LogP contribution in [-0.2, 0) is 22.6 Å². The number of carbonyl (C=O) groups is 2. The average Bonchev–Trinajstić information content (AvgIpc) is 2.70. The Morgan fingerprint density at radius 1 is 1.00 bits per heavy atom. The van der Waals surface area contributed by atoms with Crippen LogP contribution in [0.2, 0.25) is 0 Å². The molecule has 2 aromatic rings. The Morgan fingerprint density at radius 3 is 2.32 bits per heavy atom. The van der Waals surface area contributed by atoms with Crippen LogP contribution in [0.4, 0.5) is 0 Å². The fourth-order valence-corrected chi connectivity index (χ4v) is 3.28. The Labute approximate surface area is 169 Å². The quantitative estimate of drug-likeness (QED) is 0.626. The highest BCUT2D eigenvalue weighted by Gasteiger charge is 2.28. The third kappa shape index (κ3) is 6.22. The molecule has 28 heavy (non-hydrogen) atoms. The highest BCUT2D eigenvalue weighted by atomic mass is 16.2. The molecule has 0 aliphatic carbocycles. The molecule has 0 fully saturated rings. The topological polar surface area (TPSA) is 49.4 Å². The van der Waals surface area contributed by atoms with Gasteiger partial charge in [0.05, 0.1) is 6.42 Å². The van der Waals surface area contributed by atoms with E-state index in [2.05, 4.69) is 12.2 Å². The molecular weight excluding hydrogens is 348 g/mol. The largest absolute Gasteiger partial charge is 0.354 e. The summed E-state index contributed by atoms with van der Waals surface area (Å²) in [6.45, 7) is 7.15. The number of carbonyl (C=O) groups excluding carboxylic acids is 2. The first-order chi connectivity index (χ1) is 13.6. The zero-order valence-electron chi connectivity index (χ0n) is 17.3. The van der Waals surface area contributed by atoms with Gasteiger partial charge in [0.1, 0.15) is 6.04 Å². The summed E-state index contributed by atoms with van der Waals surface area (Å²) >= 11 is 0. The average molecular weight is 381 g/mol. The molecule has 4 heteroatoms. The van der Waals surface area contributed by atoms with Gasteiger partial charge in [-0.05, 0) is 36.5 Å². The van der Waals surface area contributed by atoms with E-state index in [1.165, 1.54) is 0 Å². The minimum atomic E-state index is -0.464. The summed E-state index contributed by atoms with van der Waals surface area (Å²) in [5.74, 6) is -0.0827. The molecule has 0 spiro atoms. The summed E-state index contributed by atoms with van der Waals surface area (Å²) in [6, 6.07) is 17.3. The fraction of sp³-hybridized carbons (Fsp3) is 0.417. The third-order valence-electron chi connectivity index (χ3n) is 5.01. The van der Waals surface area contributed by atoms with Crippen LogP contribution in [0.5, 0.6) is 0 Å². The van der Waals surface area contributed by atoms with Crippen LogP contribution in [-0.4, -0.2) is 29.3 Å². The van der Waals surface area contributed by atoms with Gasteiger partial charge in [-0.3, -0.25) is 9.59 Å². The lowest BCUT2D eigenvalue weighted by molar-refractivity contribution is -0.140. The van der Waals surface area contributed by atoms with E-state index in [1.54, 1.807) is 4.90 Å². The van der Waals surface area contributed by atoms with Gasteiger partial charge in [-0.1, -0.05) is 74.9 Å². The minimum Gasteiger partial charge on any atom is -0.354 e. The molecule has 1 N–H and O–H groups in total. The number of rotatable bonds is 10. The van der Waals surface area contributed by atoms with Crippen molar-refractivity contribution in [3.05, 3.63) is 71.3 Å². The lowest BCUT2D eigenvalue weighted by atomic mass is 10.0. The normalized spacial score (nSPS) is 11.7. The SMILES string of the molecule is CCCCNC(=O)[C@@H](CC)N(Cc1ccccc1)C(=O)Cc1ccccc1C. The standard InChI is InChI=1S/C24H32N2O2/c1-4-6-16-25-24(28)22(5-2)26(18-20-13-8-7-9-14-20)23(27)17-21-15-11-10-12-19(21)3/h7-15,22H,4-6,16-18H2,1-3H3,(H,25,28)/t22-/m1/s1. The Bertz CT molecular complexity index is 758. The molecule has 2 rings (SSSR count). The second kappa shape index (κ2) is 11.3. The number of hydrogen-bond donors (Lipinski definition) is 1. The van der Waals surface area contributed by atoms with Crippen LogP contribution in [0.15, 0.2) is 54.6 Å². The van der Waals surface area contributed by atoms with Crippen molar-refractivity contribution in [2.75, 3.05) is 6.54 Å². The maximum absolute atomic E-state index is 13.2. The first kappa shape index (κ1) is 21.7. The zero-order valence-corrected chi connectivity index (χ0v) is 17.3. The monoisotopic (exact) mass is 380 g/mol. The van der Waals surface area contributed by atoms with Gasteiger partial charge in [-0.25, -0.2) is 0 Å². The summed E-state index contributed by atoms with van der Waals surface area (Å²) < 4.78 is 0. The molecule has 0 saturated carbocycles. The third-order valence-corrected chi connectivity index (χ3v) is 5.01. The molecule has 0 bridgehead atoms.